The summed E-state index contributed by atoms with van der Waals surface area (Å²) in [6.07, 6.45) is 6.09. The quantitative estimate of drug-likeness (QED) is 0.859. The van der Waals surface area contributed by atoms with Crippen LogP contribution in [0.2, 0.25) is 0 Å². The first-order chi connectivity index (χ1) is 9.70. The lowest BCUT2D eigenvalue weighted by molar-refractivity contribution is 0.193. The summed E-state index contributed by atoms with van der Waals surface area (Å²) in [5, 5.41) is 4.08. The standard InChI is InChI=1S/C15H20N4O/c1-11-7-16-8-15(17-11)13-4-3-5-19(9-13)10-14-6-12(2)20-18-14/h6-8,13H,3-5,9-10H2,1-2H3/t13-/m1/s1. The third-order valence-corrected chi connectivity index (χ3v) is 3.76. The lowest BCUT2D eigenvalue weighted by Gasteiger charge is -2.31. The molecule has 0 bridgehead atoms. The molecule has 0 spiro atoms. The third-order valence-electron chi connectivity index (χ3n) is 3.76. The summed E-state index contributed by atoms with van der Waals surface area (Å²) in [6.45, 7) is 6.91. The Bertz CT molecular complexity index is 581. The summed E-state index contributed by atoms with van der Waals surface area (Å²) in [6, 6.07) is 2.01. The van der Waals surface area contributed by atoms with Crippen molar-refractivity contribution >= 4 is 0 Å². The highest BCUT2D eigenvalue weighted by Crippen LogP contribution is 2.26. The second kappa shape index (κ2) is 5.71. The molecule has 1 saturated heterocycles. The minimum Gasteiger partial charge on any atom is -0.361 e. The predicted octanol–water partition coefficient (Wildman–Crippen LogP) is 2.46. The highest BCUT2D eigenvalue weighted by atomic mass is 16.5. The molecule has 0 unspecified atom stereocenters. The van der Waals surface area contributed by atoms with Crippen molar-refractivity contribution in [2.45, 2.75) is 39.2 Å². The molecular formula is C15H20N4O. The Balaban J connectivity index is 1.67. The minimum atomic E-state index is 0.476. The van der Waals surface area contributed by atoms with Gasteiger partial charge in [-0.15, -0.1) is 0 Å². The predicted molar refractivity (Wildman–Crippen MR) is 75.3 cm³/mol. The highest BCUT2D eigenvalue weighted by molar-refractivity contribution is 5.10. The fourth-order valence-corrected chi connectivity index (χ4v) is 2.84. The van der Waals surface area contributed by atoms with E-state index >= 15 is 0 Å². The van der Waals surface area contributed by atoms with E-state index in [1.54, 1.807) is 0 Å². The Kier molecular flexibility index (Phi) is 3.78. The maximum atomic E-state index is 5.13. The molecule has 0 aromatic carbocycles. The first-order valence-corrected chi connectivity index (χ1v) is 7.14. The van der Waals surface area contributed by atoms with Crippen LogP contribution in [0.15, 0.2) is 23.0 Å². The molecule has 106 valence electrons. The number of piperidine rings is 1. The Morgan fingerprint density at radius 3 is 3.00 bits per heavy atom. The summed E-state index contributed by atoms with van der Waals surface area (Å²) < 4.78 is 5.13. The van der Waals surface area contributed by atoms with Crippen LogP contribution in [0, 0.1) is 13.8 Å². The summed E-state index contributed by atoms with van der Waals surface area (Å²) in [7, 11) is 0. The maximum absolute atomic E-state index is 5.13. The van der Waals surface area contributed by atoms with Crippen LogP contribution < -0.4 is 0 Å². The van der Waals surface area contributed by atoms with Crippen LogP contribution in [-0.4, -0.2) is 33.1 Å². The number of hydrogen-bond acceptors (Lipinski definition) is 5. The summed E-state index contributed by atoms with van der Waals surface area (Å²) in [5.41, 5.74) is 3.12. The van der Waals surface area contributed by atoms with Gasteiger partial charge in [-0.3, -0.25) is 14.9 Å². The fourth-order valence-electron chi connectivity index (χ4n) is 2.84. The van der Waals surface area contributed by atoms with E-state index in [9.17, 15) is 0 Å². The molecule has 0 saturated carbocycles. The molecule has 5 nitrogen and oxygen atoms in total. The molecule has 1 atom stereocenters. The van der Waals surface area contributed by atoms with Crippen molar-refractivity contribution < 1.29 is 4.52 Å². The lowest BCUT2D eigenvalue weighted by atomic mass is 9.95. The second-order valence-corrected chi connectivity index (χ2v) is 5.59. The van der Waals surface area contributed by atoms with Crippen molar-refractivity contribution in [1.82, 2.24) is 20.0 Å². The molecule has 0 N–H and O–H groups in total. The largest absolute Gasteiger partial charge is 0.361 e. The number of nitrogens with zero attached hydrogens (tertiary/aromatic N) is 4. The lowest BCUT2D eigenvalue weighted by Crippen LogP contribution is -2.34. The molecule has 1 aliphatic rings. The molecule has 1 fully saturated rings. The number of aromatic nitrogens is 3. The first kappa shape index (κ1) is 13.2. The number of rotatable bonds is 3. The second-order valence-electron chi connectivity index (χ2n) is 5.59. The number of hydrogen-bond donors (Lipinski definition) is 0. The van der Waals surface area contributed by atoms with Crippen LogP contribution >= 0.6 is 0 Å². The molecule has 1 aliphatic heterocycles. The van der Waals surface area contributed by atoms with Gasteiger partial charge in [-0.25, -0.2) is 0 Å². The maximum Gasteiger partial charge on any atom is 0.133 e. The van der Waals surface area contributed by atoms with E-state index in [2.05, 4.69) is 20.0 Å². The van der Waals surface area contributed by atoms with Gasteiger partial charge in [0.1, 0.15) is 5.76 Å². The van der Waals surface area contributed by atoms with Gasteiger partial charge in [0.15, 0.2) is 0 Å². The molecule has 2 aromatic rings. The SMILES string of the molecule is Cc1cncc([C@@H]2CCCN(Cc3cc(C)on3)C2)n1. The van der Waals surface area contributed by atoms with Crippen molar-refractivity contribution in [3.05, 3.63) is 41.3 Å². The average Bonchev–Trinajstić information content (AvgIpc) is 2.84. The summed E-state index contributed by atoms with van der Waals surface area (Å²) in [4.78, 5) is 11.3. The number of likely N-dealkylation sites (tertiary alicyclic amines) is 1. The molecule has 2 aromatic heterocycles. The van der Waals surface area contributed by atoms with Gasteiger partial charge in [-0.2, -0.15) is 0 Å². The average molecular weight is 272 g/mol. The zero-order valence-electron chi connectivity index (χ0n) is 12.0. The zero-order chi connectivity index (χ0) is 13.9. The summed E-state index contributed by atoms with van der Waals surface area (Å²) in [5.74, 6) is 1.35. The molecule has 20 heavy (non-hydrogen) atoms. The van der Waals surface area contributed by atoms with Crippen LogP contribution in [0.3, 0.4) is 0 Å². The van der Waals surface area contributed by atoms with E-state index < -0.39 is 0 Å². The van der Waals surface area contributed by atoms with Gasteiger partial charge in [0.25, 0.3) is 0 Å². The first-order valence-electron chi connectivity index (χ1n) is 7.14. The van der Waals surface area contributed by atoms with E-state index in [0.717, 1.165) is 42.5 Å². The van der Waals surface area contributed by atoms with E-state index in [-0.39, 0.29) is 0 Å². The van der Waals surface area contributed by atoms with Crippen LogP contribution in [0.1, 0.15) is 41.6 Å². The smallest absolute Gasteiger partial charge is 0.133 e. The van der Waals surface area contributed by atoms with Crippen molar-refractivity contribution in [3.8, 4) is 0 Å². The Hall–Kier alpha value is -1.75. The zero-order valence-corrected chi connectivity index (χ0v) is 12.0. The Morgan fingerprint density at radius 1 is 1.35 bits per heavy atom. The van der Waals surface area contributed by atoms with Gasteiger partial charge < -0.3 is 4.52 Å². The number of aryl methyl sites for hydroxylation is 2. The molecule has 0 radical (unpaired) electrons. The summed E-state index contributed by atoms with van der Waals surface area (Å²) >= 11 is 0. The van der Waals surface area contributed by atoms with Gasteiger partial charge in [0, 0.05) is 37.5 Å². The van der Waals surface area contributed by atoms with Gasteiger partial charge in [-0.1, -0.05) is 5.16 Å². The van der Waals surface area contributed by atoms with Gasteiger partial charge >= 0.3 is 0 Å². The van der Waals surface area contributed by atoms with Crippen molar-refractivity contribution in [1.29, 1.82) is 0 Å². The van der Waals surface area contributed by atoms with Crippen LogP contribution in [0.25, 0.3) is 0 Å². The molecular weight excluding hydrogens is 252 g/mol. The Morgan fingerprint density at radius 2 is 2.25 bits per heavy atom. The van der Waals surface area contributed by atoms with Gasteiger partial charge in [-0.05, 0) is 33.2 Å². The molecule has 0 aliphatic carbocycles. The fraction of sp³-hybridized carbons (Fsp3) is 0.533. The monoisotopic (exact) mass is 272 g/mol. The van der Waals surface area contributed by atoms with Crippen LogP contribution in [0.5, 0.6) is 0 Å². The highest BCUT2D eigenvalue weighted by Gasteiger charge is 2.23. The van der Waals surface area contributed by atoms with E-state index in [1.807, 2.05) is 32.3 Å². The van der Waals surface area contributed by atoms with Crippen molar-refractivity contribution in [2.75, 3.05) is 13.1 Å². The van der Waals surface area contributed by atoms with E-state index in [4.69, 9.17) is 4.52 Å². The molecule has 5 heteroatoms. The van der Waals surface area contributed by atoms with E-state index in [0.29, 0.717) is 5.92 Å². The normalized spacial score (nSPS) is 20.2. The van der Waals surface area contributed by atoms with E-state index in [1.165, 1.54) is 12.8 Å². The van der Waals surface area contributed by atoms with Crippen molar-refractivity contribution in [2.24, 2.45) is 0 Å². The minimum absolute atomic E-state index is 0.476. The molecule has 0 amide bonds. The molecule has 3 rings (SSSR count). The Labute approximate surface area is 119 Å². The van der Waals surface area contributed by atoms with Crippen molar-refractivity contribution in [3.63, 3.8) is 0 Å². The molecule has 3 heterocycles. The van der Waals surface area contributed by atoms with Gasteiger partial charge in [0.05, 0.1) is 17.1 Å². The van der Waals surface area contributed by atoms with Gasteiger partial charge in [0.2, 0.25) is 0 Å². The van der Waals surface area contributed by atoms with Crippen LogP contribution in [0.4, 0.5) is 0 Å². The van der Waals surface area contributed by atoms with Crippen LogP contribution in [-0.2, 0) is 6.54 Å². The topological polar surface area (TPSA) is 55.1 Å². The third kappa shape index (κ3) is 3.04.